The second-order valence-corrected chi connectivity index (χ2v) is 4.88. The molecule has 1 amide bonds. The Morgan fingerprint density at radius 1 is 1.38 bits per heavy atom. The average Bonchev–Trinajstić information content (AvgIpc) is 3.00. The number of nitrogens with one attached hydrogen (secondary N) is 2. The van der Waals surface area contributed by atoms with Crippen LogP contribution in [0.25, 0.3) is 0 Å². The van der Waals surface area contributed by atoms with Gasteiger partial charge in [0, 0.05) is 0 Å². The summed E-state index contributed by atoms with van der Waals surface area (Å²) in [5.41, 5.74) is 0.222. The van der Waals surface area contributed by atoms with Gasteiger partial charge >= 0.3 is 0 Å². The number of anilines is 1. The van der Waals surface area contributed by atoms with Crippen LogP contribution < -0.4 is 10.6 Å². The minimum absolute atomic E-state index is 0.222. The number of nitrogens with zero attached hydrogens (tertiary/aromatic N) is 4. The van der Waals surface area contributed by atoms with Crippen molar-refractivity contribution in [2.24, 2.45) is 0 Å². The second-order valence-electron chi connectivity index (χ2n) is 4.88. The van der Waals surface area contributed by atoms with Gasteiger partial charge in [-0.1, -0.05) is 5.21 Å². The van der Waals surface area contributed by atoms with E-state index in [-0.39, 0.29) is 17.6 Å². The predicted molar refractivity (Wildman–Crippen MR) is 73.3 cm³/mol. The fraction of sp³-hybridized carbons (Fsp3) is 0.385. The molecular formula is C13H15FN6O. The normalized spacial score (nSPS) is 15.9. The first-order chi connectivity index (χ1) is 10.2. The number of halogens is 1. The molecule has 2 aromatic heterocycles. The zero-order chi connectivity index (χ0) is 14.7. The maximum absolute atomic E-state index is 12.8. The fourth-order valence-electron chi connectivity index (χ4n) is 2.26. The molecule has 110 valence electrons. The maximum atomic E-state index is 12.8. The van der Waals surface area contributed by atoms with Crippen LogP contribution in [0.3, 0.4) is 0 Å². The summed E-state index contributed by atoms with van der Waals surface area (Å²) >= 11 is 0. The van der Waals surface area contributed by atoms with Crippen molar-refractivity contribution in [2.45, 2.75) is 18.9 Å². The summed E-state index contributed by atoms with van der Waals surface area (Å²) in [6.07, 6.45) is 4.60. The van der Waals surface area contributed by atoms with Gasteiger partial charge in [-0.15, -0.1) is 5.10 Å². The molecule has 0 bridgehead atoms. The monoisotopic (exact) mass is 290 g/mol. The summed E-state index contributed by atoms with van der Waals surface area (Å²) in [5.74, 6) is -0.586. The third-order valence-electron chi connectivity index (χ3n) is 3.39. The largest absolute Gasteiger partial charge is 0.317 e. The lowest BCUT2D eigenvalue weighted by Crippen LogP contribution is -2.29. The number of piperidine rings is 1. The maximum Gasteiger partial charge on any atom is 0.278 e. The van der Waals surface area contributed by atoms with Crippen LogP contribution in [0.15, 0.2) is 24.5 Å². The van der Waals surface area contributed by atoms with E-state index in [1.54, 1.807) is 10.9 Å². The third kappa shape index (κ3) is 3.22. The Balaban J connectivity index is 1.67. The molecule has 3 heterocycles. The first-order valence-electron chi connectivity index (χ1n) is 6.78. The molecular weight excluding hydrogens is 275 g/mol. The zero-order valence-corrected chi connectivity index (χ0v) is 11.3. The van der Waals surface area contributed by atoms with Crippen LogP contribution in [-0.4, -0.2) is 39.0 Å². The van der Waals surface area contributed by atoms with E-state index in [9.17, 15) is 9.18 Å². The van der Waals surface area contributed by atoms with Crippen LogP contribution in [0.4, 0.5) is 10.2 Å². The van der Waals surface area contributed by atoms with E-state index in [4.69, 9.17) is 0 Å². The van der Waals surface area contributed by atoms with Crippen molar-refractivity contribution in [3.05, 3.63) is 36.0 Å². The Kier molecular flexibility index (Phi) is 3.87. The molecule has 21 heavy (non-hydrogen) atoms. The quantitative estimate of drug-likeness (QED) is 0.880. The molecule has 7 nitrogen and oxygen atoms in total. The van der Waals surface area contributed by atoms with E-state index in [1.165, 1.54) is 12.1 Å². The lowest BCUT2D eigenvalue weighted by Gasteiger charge is -2.22. The summed E-state index contributed by atoms with van der Waals surface area (Å²) in [7, 11) is 0. The van der Waals surface area contributed by atoms with Crippen LogP contribution in [0, 0.1) is 5.82 Å². The van der Waals surface area contributed by atoms with E-state index < -0.39 is 11.7 Å². The van der Waals surface area contributed by atoms with Crippen LogP contribution >= 0.6 is 0 Å². The van der Waals surface area contributed by atoms with Gasteiger partial charge < -0.3 is 10.6 Å². The fourth-order valence-corrected chi connectivity index (χ4v) is 2.26. The number of pyridine rings is 1. The van der Waals surface area contributed by atoms with Crippen LogP contribution in [0.5, 0.6) is 0 Å². The number of aromatic nitrogens is 4. The van der Waals surface area contributed by atoms with Crippen LogP contribution in [-0.2, 0) is 0 Å². The topological polar surface area (TPSA) is 84.7 Å². The summed E-state index contributed by atoms with van der Waals surface area (Å²) in [6.45, 7) is 1.87. The van der Waals surface area contributed by atoms with Crippen LogP contribution in [0.1, 0.15) is 29.4 Å². The molecule has 1 aliphatic rings. The molecule has 0 aliphatic carbocycles. The molecule has 0 aromatic carbocycles. The Morgan fingerprint density at radius 3 is 2.90 bits per heavy atom. The van der Waals surface area contributed by atoms with Gasteiger partial charge in [0.05, 0.1) is 18.4 Å². The molecule has 0 spiro atoms. The highest BCUT2D eigenvalue weighted by atomic mass is 19.1. The van der Waals surface area contributed by atoms with Crippen molar-refractivity contribution in [1.29, 1.82) is 0 Å². The molecule has 8 heteroatoms. The zero-order valence-electron chi connectivity index (χ0n) is 11.3. The summed E-state index contributed by atoms with van der Waals surface area (Å²) in [6, 6.07) is 2.89. The SMILES string of the molecule is O=C(Nc1ccc(F)cn1)c1cn(C2CCNCC2)nn1. The Hall–Kier alpha value is -2.35. The van der Waals surface area contributed by atoms with Gasteiger partial charge in [-0.25, -0.2) is 14.1 Å². The average molecular weight is 290 g/mol. The predicted octanol–water partition coefficient (Wildman–Crippen LogP) is 0.989. The van der Waals surface area contributed by atoms with Crippen molar-refractivity contribution in [3.63, 3.8) is 0 Å². The van der Waals surface area contributed by atoms with Crippen molar-refractivity contribution in [2.75, 3.05) is 18.4 Å². The molecule has 2 aromatic rings. The van der Waals surface area contributed by atoms with E-state index >= 15 is 0 Å². The first kappa shape index (κ1) is 13.6. The van der Waals surface area contributed by atoms with Crippen molar-refractivity contribution in [3.8, 4) is 0 Å². The Labute approximate surface area is 120 Å². The van der Waals surface area contributed by atoms with Gasteiger partial charge in [0.15, 0.2) is 5.69 Å². The van der Waals surface area contributed by atoms with E-state index in [0.717, 1.165) is 32.1 Å². The summed E-state index contributed by atoms with van der Waals surface area (Å²) < 4.78 is 14.5. The van der Waals surface area contributed by atoms with Crippen molar-refractivity contribution >= 4 is 11.7 Å². The third-order valence-corrected chi connectivity index (χ3v) is 3.39. The highest BCUT2D eigenvalue weighted by Gasteiger charge is 2.18. The van der Waals surface area contributed by atoms with E-state index in [0.29, 0.717) is 0 Å². The molecule has 1 fully saturated rings. The lowest BCUT2D eigenvalue weighted by molar-refractivity contribution is 0.102. The highest BCUT2D eigenvalue weighted by Crippen LogP contribution is 2.17. The standard InChI is InChI=1S/C13H15FN6O/c14-9-1-2-12(16-7-9)17-13(21)11-8-20(19-18-11)10-3-5-15-6-4-10/h1-2,7-8,10,15H,3-6H2,(H,16,17,21). The summed E-state index contributed by atoms with van der Waals surface area (Å²) in [5, 5.41) is 13.7. The number of amides is 1. The molecule has 0 radical (unpaired) electrons. The Morgan fingerprint density at radius 2 is 2.19 bits per heavy atom. The van der Waals surface area contributed by atoms with Crippen molar-refractivity contribution < 1.29 is 9.18 Å². The van der Waals surface area contributed by atoms with Gasteiger partial charge in [-0.3, -0.25) is 4.79 Å². The molecule has 1 saturated heterocycles. The molecule has 1 aliphatic heterocycles. The first-order valence-corrected chi connectivity index (χ1v) is 6.78. The minimum atomic E-state index is -0.454. The highest BCUT2D eigenvalue weighted by molar-refractivity contribution is 6.01. The minimum Gasteiger partial charge on any atom is -0.317 e. The number of hydrogen-bond acceptors (Lipinski definition) is 5. The Bertz CT molecular complexity index is 620. The van der Waals surface area contributed by atoms with Gasteiger partial charge in [-0.05, 0) is 38.1 Å². The lowest BCUT2D eigenvalue weighted by atomic mass is 10.1. The second kappa shape index (κ2) is 5.96. The molecule has 0 atom stereocenters. The molecule has 0 saturated carbocycles. The molecule has 0 unspecified atom stereocenters. The van der Waals surface area contributed by atoms with Gasteiger partial charge in [0.25, 0.3) is 5.91 Å². The van der Waals surface area contributed by atoms with Crippen LogP contribution in [0.2, 0.25) is 0 Å². The van der Waals surface area contributed by atoms with Gasteiger partial charge in [0.1, 0.15) is 11.6 Å². The van der Waals surface area contributed by atoms with Gasteiger partial charge in [0.2, 0.25) is 0 Å². The van der Waals surface area contributed by atoms with E-state index in [1.807, 2.05) is 0 Å². The number of rotatable bonds is 3. The number of carbonyl (C=O) groups is 1. The van der Waals surface area contributed by atoms with E-state index in [2.05, 4.69) is 25.9 Å². The smallest absolute Gasteiger partial charge is 0.278 e. The number of carbonyl (C=O) groups excluding carboxylic acids is 1. The summed E-state index contributed by atoms with van der Waals surface area (Å²) in [4.78, 5) is 15.8. The van der Waals surface area contributed by atoms with Crippen molar-refractivity contribution in [1.82, 2.24) is 25.3 Å². The molecule has 2 N–H and O–H groups in total. The number of hydrogen-bond donors (Lipinski definition) is 2. The molecule has 3 rings (SSSR count). The van der Waals surface area contributed by atoms with Gasteiger partial charge in [-0.2, -0.15) is 0 Å².